The molecule has 2 aliphatic carbocycles. The standard InChI is InChI=1S/2C26H25.C12H9Si.2ClH.Zr/c2*1-4-19-14-15-21-16-22(20-10-6-5-7-11-20)17-25(21)26(19)24-13-9-8-12-23(24)18(2)3;1-3-7-11-9(5-1)10-6-2-4-8-12(10)13-11;;;/h2*5-18H,4H2,1-3H3;1-7H,13H2;2*1H;/q;;;;;+2/p-2. The average molecular weight is 1020 g/mol. The van der Waals surface area contributed by atoms with Crippen LogP contribution < -0.4 is 13.6 Å². The van der Waals surface area contributed by atoms with Crippen molar-refractivity contribution in [1.29, 1.82) is 0 Å². The fourth-order valence-corrected chi connectivity index (χ4v) is 39.7. The van der Waals surface area contributed by atoms with Crippen LogP contribution in [-0.4, -0.2) is 9.52 Å². The van der Waals surface area contributed by atoms with E-state index in [2.05, 4.69) is 230 Å². The zero-order valence-corrected chi connectivity index (χ0v) is 45.5. The van der Waals surface area contributed by atoms with Crippen LogP contribution in [0.5, 0.6) is 0 Å². The molecule has 0 N–H and O–H groups in total. The summed E-state index contributed by atoms with van der Waals surface area (Å²) in [7, 11) is 18.5. The van der Waals surface area contributed by atoms with Gasteiger partial charge in [0.2, 0.25) is 0 Å². The summed E-state index contributed by atoms with van der Waals surface area (Å²) in [6.45, 7) is 13.9. The predicted molar refractivity (Wildman–Crippen MR) is 296 cm³/mol. The summed E-state index contributed by atoms with van der Waals surface area (Å²) in [6, 6.07) is 66.1. The fourth-order valence-electron chi connectivity index (χ4n) is 12.7. The van der Waals surface area contributed by atoms with E-state index in [1.807, 2.05) is 0 Å². The van der Waals surface area contributed by atoms with Gasteiger partial charge in [-0.05, 0) is 0 Å². The average Bonchev–Trinajstić information content (AvgIpc) is 4.09. The molecule has 0 radical (unpaired) electrons. The van der Waals surface area contributed by atoms with Crippen LogP contribution in [0.15, 0.2) is 176 Å². The van der Waals surface area contributed by atoms with E-state index in [0.717, 1.165) is 12.8 Å². The van der Waals surface area contributed by atoms with Crippen LogP contribution in [-0.2, 0) is 29.2 Å². The van der Waals surface area contributed by atoms with Crippen LogP contribution >= 0.6 is 17.0 Å². The second-order valence-corrected chi connectivity index (χ2v) is 42.4. The van der Waals surface area contributed by atoms with Crippen molar-refractivity contribution in [3.05, 3.63) is 232 Å². The van der Waals surface area contributed by atoms with Crippen LogP contribution in [0.2, 0.25) is 0 Å². The third-order valence-corrected chi connectivity index (χ3v) is 38.2. The van der Waals surface area contributed by atoms with E-state index in [9.17, 15) is 17.0 Å². The monoisotopic (exact) mass is 1020 g/mol. The Hall–Kier alpha value is -5.08. The molecule has 0 saturated carbocycles. The number of fused-ring (bicyclic) bond motifs is 5. The van der Waals surface area contributed by atoms with Gasteiger partial charge in [0.15, 0.2) is 0 Å². The van der Waals surface area contributed by atoms with Gasteiger partial charge >= 0.3 is 418 Å². The van der Waals surface area contributed by atoms with Crippen molar-refractivity contribution >= 4 is 63.5 Å². The van der Waals surface area contributed by atoms with Gasteiger partial charge in [-0.15, -0.1) is 0 Å². The van der Waals surface area contributed by atoms with Gasteiger partial charge in [-0.3, -0.25) is 0 Å². The summed E-state index contributed by atoms with van der Waals surface area (Å²) in [4.78, 5) is 0. The molecule has 0 aromatic heterocycles. The molecule has 1 heterocycles. The van der Waals surface area contributed by atoms with E-state index < -0.39 is 25.9 Å². The quantitative estimate of drug-likeness (QED) is 0.113. The van der Waals surface area contributed by atoms with E-state index in [1.54, 1.807) is 0 Å². The molecule has 1 aliphatic heterocycles. The molecule has 0 spiro atoms. The fraction of sp³-hybridized carbons (Fsp3) is 0.188. The Morgan fingerprint density at radius 1 is 0.456 bits per heavy atom. The molecular formula is C64H59Cl2SiZr. The van der Waals surface area contributed by atoms with Gasteiger partial charge in [0, 0.05) is 0 Å². The molecule has 0 bridgehead atoms. The zero-order chi connectivity index (χ0) is 46.9. The molecule has 4 heteroatoms. The predicted octanol–water partition coefficient (Wildman–Crippen LogP) is 15.7. The van der Waals surface area contributed by atoms with Crippen LogP contribution in [0, 0.1) is 0 Å². The Labute approximate surface area is 414 Å². The molecule has 0 amide bonds. The molecular weight excluding hydrogens is 959 g/mol. The summed E-state index contributed by atoms with van der Waals surface area (Å²) >= 11 is -6.04. The van der Waals surface area contributed by atoms with Gasteiger partial charge in [-0.2, -0.15) is 0 Å². The van der Waals surface area contributed by atoms with Gasteiger partial charge in [-0.25, -0.2) is 0 Å². The zero-order valence-electron chi connectivity index (χ0n) is 40.1. The molecule has 337 valence electrons. The van der Waals surface area contributed by atoms with Gasteiger partial charge in [0.25, 0.3) is 0 Å². The normalized spacial score (nSPS) is 16.8. The minimum atomic E-state index is -6.04. The topological polar surface area (TPSA) is 0 Å². The van der Waals surface area contributed by atoms with Crippen molar-refractivity contribution in [2.45, 2.75) is 73.5 Å². The molecule has 0 nitrogen and oxygen atoms in total. The Bertz CT molecular complexity index is 3170. The number of halogens is 2. The van der Waals surface area contributed by atoms with Crippen molar-refractivity contribution in [3.63, 3.8) is 0 Å². The first-order chi connectivity index (χ1) is 33.0. The Morgan fingerprint density at radius 2 is 0.882 bits per heavy atom. The van der Waals surface area contributed by atoms with Crippen LogP contribution in [0.3, 0.4) is 0 Å². The van der Waals surface area contributed by atoms with E-state index in [0.29, 0.717) is 11.8 Å². The van der Waals surface area contributed by atoms with Crippen molar-refractivity contribution in [3.8, 4) is 33.4 Å². The maximum atomic E-state index is 9.73. The third-order valence-electron chi connectivity index (χ3n) is 15.7. The van der Waals surface area contributed by atoms with Crippen molar-refractivity contribution in [2.75, 3.05) is 0 Å². The number of hydrogen-bond donors (Lipinski definition) is 0. The molecule has 2 unspecified atom stereocenters. The van der Waals surface area contributed by atoms with Gasteiger partial charge < -0.3 is 0 Å². The van der Waals surface area contributed by atoms with Crippen molar-refractivity contribution < 1.29 is 16.4 Å². The van der Waals surface area contributed by atoms with Crippen LogP contribution in [0.25, 0.3) is 56.7 Å². The maximum absolute atomic E-state index is 9.73. The molecule has 8 aromatic carbocycles. The third kappa shape index (κ3) is 7.07. The van der Waals surface area contributed by atoms with Crippen molar-refractivity contribution in [1.82, 2.24) is 0 Å². The first kappa shape index (κ1) is 45.4. The summed E-state index contributed by atoms with van der Waals surface area (Å²) in [5, 5.41) is 2.90. The first-order valence-corrected chi connectivity index (χ1v) is 36.7. The second-order valence-electron chi connectivity index (χ2n) is 20.0. The summed E-state index contributed by atoms with van der Waals surface area (Å²) in [6.07, 6.45) is 6.89. The molecule has 8 aromatic rings. The van der Waals surface area contributed by atoms with E-state index in [1.165, 1.54) is 114 Å². The van der Waals surface area contributed by atoms with Crippen LogP contribution in [0.1, 0.15) is 116 Å². The minimum absolute atomic E-state index is 0.280. The van der Waals surface area contributed by atoms with E-state index in [4.69, 9.17) is 0 Å². The van der Waals surface area contributed by atoms with E-state index >= 15 is 0 Å². The number of aryl methyl sites for hydroxylation is 2. The summed E-state index contributed by atoms with van der Waals surface area (Å²) < 4.78 is 0.678. The Morgan fingerprint density at radius 3 is 1.35 bits per heavy atom. The van der Waals surface area contributed by atoms with Gasteiger partial charge in [-0.1, -0.05) is 0 Å². The molecule has 3 aliphatic rings. The van der Waals surface area contributed by atoms with Crippen molar-refractivity contribution in [2.24, 2.45) is 0 Å². The van der Waals surface area contributed by atoms with Gasteiger partial charge in [0.1, 0.15) is 0 Å². The SMILES string of the molecule is CCc1ccc2c(c1-c1ccccc1C(C)C)C=C(c1ccccc1)[CH]2[Zr]([Cl])([Cl])([c]1cccc2c1[SiH2]c1ccccc1-2)[CH]1C(c2ccccc2)=Cc2c1ccc(CC)c2-c1ccccc1C(C)C. The number of allylic oxidation sites excluding steroid dienone is 2. The second kappa shape index (κ2) is 17.7. The molecule has 0 saturated heterocycles. The molecule has 0 fully saturated rings. The molecule has 68 heavy (non-hydrogen) atoms. The van der Waals surface area contributed by atoms with E-state index in [-0.39, 0.29) is 7.25 Å². The number of rotatable bonds is 11. The molecule has 11 rings (SSSR count). The summed E-state index contributed by atoms with van der Waals surface area (Å²) in [5.74, 6) is 0.699. The summed E-state index contributed by atoms with van der Waals surface area (Å²) in [5.41, 5.74) is 23.2. The molecule has 2 atom stereocenters. The Kier molecular flexibility index (Phi) is 11.8. The van der Waals surface area contributed by atoms with Gasteiger partial charge in [0.05, 0.1) is 0 Å². The first-order valence-electron chi connectivity index (χ1n) is 24.8. The number of hydrogen-bond acceptors (Lipinski definition) is 0. The Balaban J connectivity index is 1.30. The van der Waals surface area contributed by atoms with Crippen LogP contribution in [0.4, 0.5) is 0 Å². The number of benzene rings is 8.